The monoisotopic (exact) mass is 406 g/mol. The molecule has 0 aliphatic rings. The summed E-state index contributed by atoms with van der Waals surface area (Å²) < 4.78 is 39.7. The first kappa shape index (κ1) is 17.8. The summed E-state index contributed by atoms with van der Waals surface area (Å²) in [5.74, 6) is 0. The van der Waals surface area contributed by atoms with Crippen molar-refractivity contribution in [1.82, 2.24) is 10.2 Å². The first-order chi connectivity index (χ1) is 14.0. The molecule has 2 aromatic heterocycles. The average Bonchev–Trinajstić information content (AvgIpc) is 3.25. The number of fused-ring (bicyclic) bond motifs is 2. The van der Waals surface area contributed by atoms with E-state index >= 15 is 0 Å². The fraction of sp³-hybridized carbons (Fsp3) is 0.0435. The van der Waals surface area contributed by atoms with Gasteiger partial charge in [-0.05, 0) is 46.5 Å². The summed E-state index contributed by atoms with van der Waals surface area (Å²) in [6.07, 6.45) is -4.41. The van der Waals surface area contributed by atoms with Crippen LogP contribution in [0.3, 0.4) is 0 Å². The van der Waals surface area contributed by atoms with Crippen LogP contribution in [0.1, 0.15) is 5.56 Å². The predicted molar refractivity (Wildman–Crippen MR) is 111 cm³/mol. The van der Waals surface area contributed by atoms with Crippen molar-refractivity contribution in [2.45, 2.75) is 6.18 Å². The fourth-order valence-corrected chi connectivity index (χ4v) is 4.21. The van der Waals surface area contributed by atoms with Crippen molar-refractivity contribution in [3.05, 3.63) is 83.7 Å². The number of thiophene rings is 1. The Balaban J connectivity index is 1.83. The van der Waals surface area contributed by atoms with Crippen LogP contribution in [0.5, 0.6) is 0 Å². The van der Waals surface area contributed by atoms with Gasteiger partial charge >= 0.3 is 6.18 Å². The molecule has 0 radical (unpaired) electrons. The van der Waals surface area contributed by atoms with Crippen LogP contribution in [0.15, 0.2) is 78.2 Å². The van der Waals surface area contributed by atoms with Gasteiger partial charge in [0.25, 0.3) is 0 Å². The number of halogens is 3. The zero-order valence-corrected chi connectivity index (χ0v) is 15.8. The lowest BCUT2D eigenvalue weighted by Gasteiger charge is -2.12. The fourth-order valence-electron chi connectivity index (χ4n) is 3.49. The van der Waals surface area contributed by atoms with Gasteiger partial charge in [-0.3, -0.25) is 0 Å². The van der Waals surface area contributed by atoms with E-state index in [-0.39, 0.29) is 0 Å². The highest BCUT2D eigenvalue weighted by molar-refractivity contribution is 7.13. The molecule has 0 aliphatic heterocycles. The molecule has 0 spiro atoms. The third-order valence-electron chi connectivity index (χ3n) is 4.86. The van der Waals surface area contributed by atoms with Gasteiger partial charge in [-0.1, -0.05) is 42.5 Å². The molecule has 2 nitrogen and oxygen atoms in total. The number of alkyl halides is 3. The van der Waals surface area contributed by atoms with Crippen molar-refractivity contribution in [2.24, 2.45) is 0 Å². The minimum atomic E-state index is -4.41. The summed E-state index contributed by atoms with van der Waals surface area (Å²) in [5.41, 5.74) is 0.868. The third-order valence-corrected chi connectivity index (χ3v) is 5.74. The predicted octanol–water partition coefficient (Wildman–Crippen LogP) is 7.20. The quantitative estimate of drug-likeness (QED) is 0.290. The molecule has 0 fully saturated rings. The van der Waals surface area contributed by atoms with Crippen molar-refractivity contribution >= 4 is 32.9 Å². The molecule has 0 atom stereocenters. The van der Waals surface area contributed by atoms with Crippen molar-refractivity contribution < 1.29 is 13.2 Å². The van der Waals surface area contributed by atoms with E-state index in [0.29, 0.717) is 11.3 Å². The topological polar surface area (TPSA) is 25.8 Å². The molecule has 0 aliphatic carbocycles. The van der Waals surface area contributed by atoms with Gasteiger partial charge in [0.2, 0.25) is 0 Å². The maximum atomic E-state index is 13.2. The molecule has 2 heterocycles. The number of aromatic nitrogens is 2. The Morgan fingerprint density at radius 3 is 2.03 bits per heavy atom. The van der Waals surface area contributed by atoms with Gasteiger partial charge in [0.05, 0.1) is 10.4 Å². The van der Waals surface area contributed by atoms with Gasteiger partial charge in [0.15, 0.2) is 0 Å². The van der Waals surface area contributed by atoms with Crippen LogP contribution in [0.2, 0.25) is 0 Å². The highest BCUT2D eigenvalue weighted by atomic mass is 32.1. The molecule has 0 N–H and O–H groups in total. The molecule has 6 heteroatoms. The second-order valence-electron chi connectivity index (χ2n) is 6.70. The van der Waals surface area contributed by atoms with E-state index in [1.807, 2.05) is 53.9 Å². The first-order valence-corrected chi connectivity index (χ1v) is 9.79. The van der Waals surface area contributed by atoms with Crippen LogP contribution in [0.25, 0.3) is 43.4 Å². The Hall–Kier alpha value is -3.25. The third kappa shape index (κ3) is 3.15. The van der Waals surface area contributed by atoms with Crippen LogP contribution in [-0.2, 0) is 6.18 Å². The second kappa shape index (κ2) is 6.67. The molecular weight excluding hydrogens is 393 g/mol. The molecule has 3 aromatic carbocycles. The normalized spacial score (nSPS) is 12.0. The van der Waals surface area contributed by atoms with E-state index in [0.717, 1.165) is 44.2 Å². The summed E-state index contributed by atoms with van der Waals surface area (Å²) in [6, 6.07) is 21.0. The highest BCUT2D eigenvalue weighted by Gasteiger charge is 2.30. The van der Waals surface area contributed by atoms with Gasteiger partial charge in [0, 0.05) is 16.3 Å². The molecule has 5 rings (SSSR count). The minimum Gasteiger partial charge on any atom is -0.166 e. The Kier molecular flexibility index (Phi) is 4.10. The summed E-state index contributed by atoms with van der Waals surface area (Å²) in [7, 11) is 0. The summed E-state index contributed by atoms with van der Waals surface area (Å²) in [6.45, 7) is 0. The van der Waals surface area contributed by atoms with Crippen LogP contribution < -0.4 is 0 Å². The SMILES string of the molecule is FC(F)(F)c1cccc(-c2nnc(-c3cccs3)c3cc4ccccc4cc23)c1. The van der Waals surface area contributed by atoms with Gasteiger partial charge in [-0.2, -0.15) is 13.2 Å². The van der Waals surface area contributed by atoms with Gasteiger partial charge in [-0.15, -0.1) is 21.5 Å². The smallest absolute Gasteiger partial charge is 0.166 e. The van der Waals surface area contributed by atoms with Gasteiger partial charge < -0.3 is 0 Å². The maximum absolute atomic E-state index is 13.2. The standard InChI is InChI=1S/C23H13F3N2S/c24-23(25,26)17-8-3-7-16(11-17)21-18-12-14-5-1-2-6-15(14)13-19(18)22(28-27-21)20-9-4-10-29-20/h1-13H. The van der Waals surface area contributed by atoms with Crippen molar-refractivity contribution in [3.8, 4) is 21.8 Å². The van der Waals surface area contributed by atoms with E-state index in [4.69, 9.17) is 0 Å². The zero-order valence-electron chi connectivity index (χ0n) is 14.9. The van der Waals surface area contributed by atoms with Gasteiger partial charge in [0.1, 0.15) is 11.4 Å². The van der Waals surface area contributed by atoms with Crippen LogP contribution in [-0.4, -0.2) is 10.2 Å². The average molecular weight is 406 g/mol. The number of nitrogens with zero attached hydrogens (tertiary/aromatic N) is 2. The Bertz CT molecular complexity index is 1340. The molecule has 0 saturated heterocycles. The lowest BCUT2D eigenvalue weighted by Crippen LogP contribution is -2.05. The van der Waals surface area contributed by atoms with Crippen molar-refractivity contribution in [2.75, 3.05) is 0 Å². The summed E-state index contributed by atoms with van der Waals surface area (Å²) in [5, 5.41) is 14.4. The molecular formula is C23H13F3N2S. The minimum absolute atomic E-state index is 0.394. The number of hydrogen-bond acceptors (Lipinski definition) is 3. The van der Waals surface area contributed by atoms with E-state index in [1.54, 1.807) is 17.4 Å². The molecule has 0 bridgehead atoms. The Morgan fingerprint density at radius 1 is 0.690 bits per heavy atom. The van der Waals surface area contributed by atoms with Crippen molar-refractivity contribution in [3.63, 3.8) is 0 Å². The van der Waals surface area contributed by atoms with E-state index in [2.05, 4.69) is 10.2 Å². The van der Waals surface area contributed by atoms with Crippen LogP contribution in [0.4, 0.5) is 13.2 Å². The Labute approximate surface area is 168 Å². The number of benzene rings is 3. The summed E-state index contributed by atoms with van der Waals surface area (Å²) in [4.78, 5) is 0.966. The molecule has 142 valence electrons. The molecule has 0 amide bonds. The zero-order chi connectivity index (χ0) is 20.0. The van der Waals surface area contributed by atoms with Gasteiger partial charge in [-0.25, -0.2) is 0 Å². The lowest BCUT2D eigenvalue weighted by molar-refractivity contribution is -0.137. The van der Waals surface area contributed by atoms with E-state index < -0.39 is 11.7 Å². The first-order valence-electron chi connectivity index (χ1n) is 8.91. The second-order valence-corrected chi connectivity index (χ2v) is 7.65. The van der Waals surface area contributed by atoms with Crippen molar-refractivity contribution in [1.29, 1.82) is 0 Å². The molecule has 0 unspecified atom stereocenters. The van der Waals surface area contributed by atoms with E-state index in [9.17, 15) is 13.2 Å². The van der Waals surface area contributed by atoms with Crippen LogP contribution in [0, 0.1) is 0 Å². The largest absolute Gasteiger partial charge is 0.416 e. The maximum Gasteiger partial charge on any atom is 0.416 e. The lowest BCUT2D eigenvalue weighted by atomic mass is 9.98. The number of hydrogen-bond donors (Lipinski definition) is 0. The molecule has 0 saturated carbocycles. The summed E-state index contributed by atoms with van der Waals surface area (Å²) >= 11 is 1.55. The van der Waals surface area contributed by atoms with Crippen LogP contribution >= 0.6 is 11.3 Å². The highest BCUT2D eigenvalue weighted by Crippen LogP contribution is 2.38. The molecule has 5 aromatic rings. The Morgan fingerprint density at radius 2 is 1.38 bits per heavy atom. The molecule has 29 heavy (non-hydrogen) atoms. The van der Waals surface area contributed by atoms with E-state index in [1.165, 1.54) is 6.07 Å². The number of rotatable bonds is 2.